The van der Waals surface area contributed by atoms with Crippen molar-refractivity contribution in [2.45, 2.75) is 13.0 Å². The first-order chi connectivity index (χ1) is 13.8. The predicted molar refractivity (Wildman–Crippen MR) is 111 cm³/mol. The van der Waals surface area contributed by atoms with E-state index in [-0.39, 0.29) is 13.2 Å². The molecule has 1 atom stereocenters. The number of carbonyl (C=O) groups is 1. The van der Waals surface area contributed by atoms with Gasteiger partial charge in [-0.2, -0.15) is 0 Å². The molecular formula is C20H26N2O6S. The largest absolute Gasteiger partial charge is 0.497 e. The van der Waals surface area contributed by atoms with Crippen molar-refractivity contribution in [2.75, 3.05) is 37.9 Å². The van der Waals surface area contributed by atoms with Gasteiger partial charge in [0.05, 0.1) is 32.7 Å². The van der Waals surface area contributed by atoms with Crippen molar-refractivity contribution in [2.24, 2.45) is 0 Å². The van der Waals surface area contributed by atoms with Crippen LogP contribution in [0.4, 0.5) is 5.69 Å². The average molecular weight is 423 g/mol. The van der Waals surface area contributed by atoms with E-state index in [4.69, 9.17) is 14.2 Å². The Morgan fingerprint density at radius 2 is 1.66 bits per heavy atom. The summed E-state index contributed by atoms with van der Waals surface area (Å²) in [5, 5.41) is 2.70. The lowest BCUT2D eigenvalue weighted by molar-refractivity contribution is -0.121. The van der Waals surface area contributed by atoms with Crippen LogP contribution in [0.5, 0.6) is 17.2 Å². The molecule has 0 aliphatic carbocycles. The predicted octanol–water partition coefficient (Wildman–Crippen LogP) is 2.05. The van der Waals surface area contributed by atoms with Crippen molar-refractivity contribution >= 4 is 21.6 Å². The molecule has 0 unspecified atom stereocenters. The fraction of sp³-hybridized carbons (Fsp3) is 0.350. The van der Waals surface area contributed by atoms with E-state index in [9.17, 15) is 13.2 Å². The van der Waals surface area contributed by atoms with Gasteiger partial charge in [0.25, 0.3) is 0 Å². The Bertz CT molecular complexity index is 915. The summed E-state index contributed by atoms with van der Waals surface area (Å²) in [5.74, 6) is 1.31. The highest BCUT2D eigenvalue weighted by Crippen LogP contribution is 2.26. The van der Waals surface area contributed by atoms with Crippen LogP contribution in [0.1, 0.15) is 6.92 Å². The first-order valence-corrected chi connectivity index (χ1v) is 10.8. The number of anilines is 1. The number of carbonyl (C=O) groups excluding carboxylic acids is 1. The Morgan fingerprint density at radius 1 is 1.03 bits per heavy atom. The molecule has 1 amide bonds. The van der Waals surface area contributed by atoms with Crippen molar-refractivity contribution in [3.63, 3.8) is 0 Å². The van der Waals surface area contributed by atoms with E-state index in [1.165, 1.54) is 14.0 Å². The van der Waals surface area contributed by atoms with E-state index in [0.717, 1.165) is 10.6 Å². The molecular weight excluding hydrogens is 396 g/mol. The molecule has 0 spiro atoms. The number of ether oxygens (including phenoxy) is 3. The van der Waals surface area contributed by atoms with Crippen LogP contribution in [-0.2, 0) is 14.8 Å². The molecule has 29 heavy (non-hydrogen) atoms. The maximum absolute atomic E-state index is 12.5. The molecule has 0 aromatic heterocycles. The van der Waals surface area contributed by atoms with E-state index >= 15 is 0 Å². The Labute approximate surface area is 171 Å². The summed E-state index contributed by atoms with van der Waals surface area (Å²) in [4.78, 5) is 12.5. The fourth-order valence-corrected chi connectivity index (χ4v) is 3.93. The summed E-state index contributed by atoms with van der Waals surface area (Å²) in [7, 11) is -0.614. The number of benzene rings is 2. The number of amides is 1. The summed E-state index contributed by atoms with van der Waals surface area (Å²) >= 11 is 0. The highest BCUT2D eigenvalue weighted by atomic mass is 32.2. The molecule has 0 bridgehead atoms. The van der Waals surface area contributed by atoms with E-state index in [1.54, 1.807) is 43.5 Å². The molecule has 0 aliphatic heterocycles. The number of sulfonamides is 1. The normalized spacial score (nSPS) is 12.0. The van der Waals surface area contributed by atoms with Crippen LogP contribution in [-0.4, -0.2) is 54.0 Å². The minimum absolute atomic E-state index is 0.209. The minimum Gasteiger partial charge on any atom is -0.497 e. The van der Waals surface area contributed by atoms with Crippen LogP contribution in [0.15, 0.2) is 48.5 Å². The van der Waals surface area contributed by atoms with E-state index in [0.29, 0.717) is 22.9 Å². The Hall–Kier alpha value is -2.94. The second-order valence-electron chi connectivity index (χ2n) is 6.22. The molecule has 0 heterocycles. The van der Waals surface area contributed by atoms with Gasteiger partial charge in [0.2, 0.25) is 15.9 Å². The van der Waals surface area contributed by atoms with E-state index in [1.807, 2.05) is 12.1 Å². The van der Waals surface area contributed by atoms with Gasteiger partial charge in [0, 0.05) is 0 Å². The van der Waals surface area contributed by atoms with Gasteiger partial charge in [0.1, 0.15) is 18.4 Å². The number of rotatable bonds is 10. The summed E-state index contributed by atoms with van der Waals surface area (Å²) < 4.78 is 41.6. The maximum atomic E-state index is 12.5. The third-order valence-electron chi connectivity index (χ3n) is 4.14. The molecule has 8 nitrogen and oxygen atoms in total. The molecule has 2 aromatic carbocycles. The number of hydrogen-bond acceptors (Lipinski definition) is 6. The van der Waals surface area contributed by atoms with Gasteiger partial charge < -0.3 is 19.5 Å². The summed E-state index contributed by atoms with van der Waals surface area (Å²) in [5.41, 5.74) is 0.376. The maximum Gasteiger partial charge on any atom is 0.243 e. The number of hydrogen-bond donors (Lipinski definition) is 1. The fourth-order valence-electron chi connectivity index (χ4n) is 2.76. The van der Waals surface area contributed by atoms with Gasteiger partial charge in [-0.15, -0.1) is 0 Å². The molecule has 0 saturated heterocycles. The van der Waals surface area contributed by atoms with Crippen LogP contribution in [0, 0.1) is 0 Å². The van der Waals surface area contributed by atoms with E-state index in [2.05, 4.69) is 5.32 Å². The van der Waals surface area contributed by atoms with Gasteiger partial charge >= 0.3 is 0 Å². The Balaban J connectivity index is 1.99. The SMILES string of the molecule is COc1ccc(N([C@H](C)C(=O)NCCOc2ccccc2OC)S(C)(=O)=O)cc1. The molecule has 0 aliphatic rings. The smallest absolute Gasteiger partial charge is 0.243 e. The summed E-state index contributed by atoms with van der Waals surface area (Å²) in [6.45, 7) is 1.95. The highest BCUT2D eigenvalue weighted by Gasteiger charge is 2.28. The molecule has 0 saturated carbocycles. The highest BCUT2D eigenvalue weighted by molar-refractivity contribution is 7.92. The van der Waals surface area contributed by atoms with Gasteiger partial charge in [0.15, 0.2) is 11.5 Å². The van der Waals surface area contributed by atoms with E-state index < -0.39 is 22.0 Å². The molecule has 0 fully saturated rings. The Kier molecular flexibility index (Phi) is 7.72. The molecule has 158 valence electrons. The second kappa shape index (κ2) is 10.0. The van der Waals surface area contributed by atoms with Crippen LogP contribution in [0.2, 0.25) is 0 Å². The number of nitrogens with zero attached hydrogens (tertiary/aromatic N) is 1. The van der Waals surface area contributed by atoms with Crippen LogP contribution in [0.25, 0.3) is 0 Å². The lowest BCUT2D eigenvalue weighted by Crippen LogP contribution is -2.48. The van der Waals surface area contributed by atoms with Gasteiger partial charge in [-0.05, 0) is 43.3 Å². The quantitative estimate of drug-likeness (QED) is 0.589. The lowest BCUT2D eigenvalue weighted by Gasteiger charge is -2.28. The van der Waals surface area contributed by atoms with Crippen molar-refractivity contribution in [3.05, 3.63) is 48.5 Å². The Morgan fingerprint density at radius 3 is 2.21 bits per heavy atom. The lowest BCUT2D eigenvalue weighted by atomic mass is 10.2. The first-order valence-electron chi connectivity index (χ1n) is 8.95. The third kappa shape index (κ3) is 6.02. The molecule has 0 radical (unpaired) electrons. The van der Waals surface area contributed by atoms with Gasteiger partial charge in [-0.3, -0.25) is 9.10 Å². The molecule has 2 rings (SSSR count). The van der Waals surface area contributed by atoms with Crippen molar-refractivity contribution in [1.29, 1.82) is 0 Å². The third-order valence-corrected chi connectivity index (χ3v) is 5.38. The molecule has 2 aromatic rings. The minimum atomic E-state index is -3.68. The number of para-hydroxylation sites is 2. The average Bonchev–Trinajstić information content (AvgIpc) is 2.70. The van der Waals surface area contributed by atoms with Gasteiger partial charge in [-0.1, -0.05) is 12.1 Å². The zero-order valence-corrected chi connectivity index (χ0v) is 17.7. The van der Waals surface area contributed by atoms with Crippen LogP contribution < -0.4 is 23.8 Å². The number of methoxy groups -OCH3 is 2. The zero-order valence-electron chi connectivity index (χ0n) is 16.9. The zero-order chi connectivity index (χ0) is 21.4. The number of nitrogens with one attached hydrogen (secondary N) is 1. The first kappa shape index (κ1) is 22.4. The van der Waals surface area contributed by atoms with Crippen molar-refractivity contribution in [3.8, 4) is 17.2 Å². The second-order valence-corrected chi connectivity index (χ2v) is 8.08. The summed E-state index contributed by atoms with van der Waals surface area (Å²) in [6.07, 6.45) is 1.06. The van der Waals surface area contributed by atoms with Crippen molar-refractivity contribution < 1.29 is 27.4 Å². The van der Waals surface area contributed by atoms with Gasteiger partial charge in [-0.25, -0.2) is 8.42 Å². The standard InChI is InChI=1S/C20H26N2O6S/c1-15(22(29(4,24)25)16-9-11-17(26-2)12-10-16)20(23)21-13-14-28-19-8-6-5-7-18(19)27-3/h5-12,15H,13-14H2,1-4H3,(H,21,23)/t15-/m1/s1. The van der Waals surface area contributed by atoms with Crippen molar-refractivity contribution in [1.82, 2.24) is 5.32 Å². The topological polar surface area (TPSA) is 94.2 Å². The summed E-state index contributed by atoms with van der Waals surface area (Å²) in [6, 6.07) is 12.7. The van der Waals surface area contributed by atoms with Crippen LogP contribution >= 0.6 is 0 Å². The monoisotopic (exact) mass is 422 g/mol. The molecule has 1 N–H and O–H groups in total. The molecule has 9 heteroatoms. The van der Waals surface area contributed by atoms with Crippen LogP contribution in [0.3, 0.4) is 0 Å².